The number of amides is 1. The number of thioether (sulfide) groups is 1. The van der Waals surface area contributed by atoms with Crippen molar-refractivity contribution in [2.75, 3.05) is 11.1 Å². The van der Waals surface area contributed by atoms with Gasteiger partial charge in [-0.05, 0) is 49.2 Å². The third-order valence-electron chi connectivity index (χ3n) is 4.38. The summed E-state index contributed by atoms with van der Waals surface area (Å²) in [5, 5.41) is 8.80. The van der Waals surface area contributed by atoms with Crippen molar-refractivity contribution in [3.05, 3.63) is 48.0 Å². The highest BCUT2D eigenvalue weighted by Crippen LogP contribution is 2.26. The molecule has 0 saturated heterocycles. The summed E-state index contributed by atoms with van der Waals surface area (Å²) in [5.74, 6) is 0.0748. The second kappa shape index (κ2) is 8.98. The molecule has 1 aromatic heterocycles. The van der Waals surface area contributed by atoms with Crippen molar-refractivity contribution in [1.29, 1.82) is 0 Å². The summed E-state index contributed by atoms with van der Waals surface area (Å²) in [6.45, 7) is 4.81. The van der Waals surface area contributed by atoms with Gasteiger partial charge in [0.05, 0.1) is 21.7 Å². The molecular formula is C20H24N4O3S2. The SMILES string of the molecule is CCCCn1c(SCC(=O)Nc2cccc(C)c2)nc2cc(S(N)(=O)=O)ccc21. The molecule has 0 radical (unpaired) electrons. The number of aromatic nitrogens is 2. The van der Waals surface area contributed by atoms with Gasteiger partial charge in [0.25, 0.3) is 0 Å². The van der Waals surface area contributed by atoms with Crippen molar-refractivity contribution >= 4 is 44.4 Å². The molecule has 0 fully saturated rings. The van der Waals surface area contributed by atoms with Gasteiger partial charge < -0.3 is 9.88 Å². The van der Waals surface area contributed by atoms with Crippen LogP contribution < -0.4 is 10.5 Å². The van der Waals surface area contributed by atoms with Crippen LogP contribution in [-0.2, 0) is 21.4 Å². The Balaban J connectivity index is 1.82. The lowest BCUT2D eigenvalue weighted by Gasteiger charge is -2.09. The zero-order chi connectivity index (χ0) is 21.0. The molecule has 3 aromatic rings. The number of fused-ring (bicyclic) bond motifs is 1. The van der Waals surface area contributed by atoms with Crippen LogP contribution in [-0.4, -0.2) is 29.6 Å². The number of sulfonamides is 1. The third kappa shape index (κ3) is 5.37. The first-order valence-corrected chi connectivity index (χ1v) is 11.8. The lowest BCUT2D eigenvalue weighted by Crippen LogP contribution is -2.14. The van der Waals surface area contributed by atoms with Crippen molar-refractivity contribution < 1.29 is 13.2 Å². The fraction of sp³-hybridized carbons (Fsp3) is 0.300. The summed E-state index contributed by atoms with van der Waals surface area (Å²) in [6, 6.07) is 12.3. The number of nitrogens with two attached hydrogens (primary N) is 1. The van der Waals surface area contributed by atoms with Crippen LogP contribution in [0.25, 0.3) is 11.0 Å². The summed E-state index contributed by atoms with van der Waals surface area (Å²) in [5.41, 5.74) is 3.21. The summed E-state index contributed by atoms with van der Waals surface area (Å²) in [7, 11) is -3.80. The maximum atomic E-state index is 12.4. The fourth-order valence-corrected chi connectivity index (χ4v) is 4.33. The third-order valence-corrected chi connectivity index (χ3v) is 6.27. The molecule has 0 atom stereocenters. The number of primary sulfonamides is 1. The first kappa shape index (κ1) is 21.4. The molecule has 0 bridgehead atoms. The van der Waals surface area contributed by atoms with Crippen molar-refractivity contribution in [3.63, 3.8) is 0 Å². The van der Waals surface area contributed by atoms with E-state index in [1.807, 2.05) is 35.8 Å². The number of carbonyl (C=O) groups excluding carboxylic acids is 1. The maximum absolute atomic E-state index is 12.4. The summed E-state index contributed by atoms with van der Waals surface area (Å²) >= 11 is 1.33. The molecule has 0 spiro atoms. The van der Waals surface area contributed by atoms with E-state index in [0.717, 1.165) is 36.2 Å². The molecule has 1 heterocycles. The van der Waals surface area contributed by atoms with Crippen LogP contribution in [0.2, 0.25) is 0 Å². The Kier molecular flexibility index (Phi) is 6.61. The monoisotopic (exact) mass is 432 g/mol. The molecule has 0 aliphatic heterocycles. The van der Waals surface area contributed by atoms with E-state index in [-0.39, 0.29) is 16.6 Å². The number of unbranched alkanes of at least 4 members (excludes halogenated alkanes) is 1. The van der Waals surface area contributed by atoms with Crippen LogP contribution in [0.15, 0.2) is 52.5 Å². The Morgan fingerprint density at radius 1 is 1.24 bits per heavy atom. The van der Waals surface area contributed by atoms with E-state index in [1.165, 1.54) is 23.9 Å². The van der Waals surface area contributed by atoms with Crippen LogP contribution >= 0.6 is 11.8 Å². The topological polar surface area (TPSA) is 107 Å². The second-order valence-corrected chi connectivity index (χ2v) is 9.31. The Bertz CT molecular complexity index is 1140. The Labute approximate surface area is 174 Å². The number of rotatable bonds is 8. The number of imidazole rings is 1. The Morgan fingerprint density at radius 3 is 2.72 bits per heavy atom. The van der Waals surface area contributed by atoms with E-state index in [9.17, 15) is 13.2 Å². The fourth-order valence-electron chi connectivity index (χ4n) is 2.96. The largest absolute Gasteiger partial charge is 0.325 e. The van der Waals surface area contributed by atoms with Crippen LogP contribution in [0.3, 0.4) is 0 Å². The van der Waals surface area contributed by atoms with Gasteiger partial charge in [-0.3, -0.25) is 4.79 Å². The number of nitrogens with zero attached hydrogens (tertiary/aromatic N) is 2. The summed E-state index contributed by atoms with van der Waals surface area (Å²) in [4.78, 5) is 16.9. The maximum Gasteiger partial charge on any atom is 0.238 e. The Morgan fingerprint density at radius 2 is 2.03 bits per heavy atom. The number of aryl methyl sites for hydroxylation is 2. The average Bonchev–Trinajstić information content (AvgIpc) is 3.00. The molecule has 0 aliphatic rings. The first-order valence-electron chi connectivity index (χ1n) is 9.30. The van der Waals surface area contributed by atoms with Gasteiger partial charge in [-0.25, -0.2) is 18.5 Å². The van der Waals surface area contributed by atoms with Crippen LogP contribution in [0.4, 0.5) is 5.69 Å². The molecule has 3 rings (SSSR count). The lowest BCUT2D eigenvalue weighted by molar-refractivity contribution is -0.113. The van der Waals surface area contributed by atoms with E-state index >= 15 is 0 Å². The number of hydrogen-bond donors (Lipinski definition) is 2. The van der Waals surface area contributed by atoms with Gasteiger partial charge in [0.2, 0.25) is 15.9 Å². The van der Waals surface area contributed by atoms with E-state index in [1.54, 1.807) is 6.07 Å². The highest BCUT2D eigenvalue weighted by molar-refractivity contribution is 7.99. The molecule has 3 N–H and O–H groups in total. The predicted octanol–water partition coefficient (Wildman–Crippen LogP) is 3.52. The molecule has 0 unspecified atom stereocenters. The van der Waals surface area contributed by atoms with E-state index in [0.29, 0.717) is 10.7 Å². The lowest BCUT2D eigenvalue weighted by atomic mass is 10.2. The molecule has 0 saturated carbocycles. The number of nitrogens with one attached hydrogen (secondary N) is 1. The molecule has 2 aromatic carbocycles. The van der Waals surface area contributed by atoms with Crippen LogP contribution in [0.5, 0.6) is 0 Å². The highest BCUT2D eigenvalue weighted by atomic mass is 32.2. The van der Waals surface area contributed by atoms with Gasteiger partial charge in [-0.2, -0.15) is 0 Å². The van der Waals surface area contributed by atoms with Crippen LogP contribution in [0, 0.1) is 6.92 Å². The molecular weight excluding hydrogens is 408 g/mol. The molecule has 7 nitrogen and oxygen atoms in total. The van der Waals surface area contributed by atoms with Crippen molar-refractivity contribution in [2.45, 2.75) is 43.3 Å². The van der Waals surface area contributed by atoms with Gasteiger partial charge in [0.1, 0.15) is 0 Å². The minimum Gasteiger partial charge on any atom is -0.325 e. The molecule has 154 valence electrons. The van der Waals surface area contributed by atoms with Gasteiger partial charge in [0.15, 0.2) is 5.16 Å². The van der Waals surface area contributed by atoms with E-state index in [2.05, 4.69) is 17.2 Å². The average molecular weight is 433 g/mol. The van der Waals surface area contributed by atoms with E-state index < -0.39 is 10.0 Å². The van der Waals surface area contributed by atoms with Crippen molar-refractivity contribution in [2.24, 2.45) is 5.14 Å². The number of benzene rings is 2. The van der Waals surface area contributed by atoms with E-state index in [4.69, 9.17) is 5.14 Å². The minimum absolute atomic E-state index is 0.0267. The minimum atomic E-state index is -3.80. The van der Waals surface area contributed by atoms with Gasteiger partial charge in [-0.15, -0.1) is 0 Å². The van der Waals surface area contributed by atoms with Gasteiger partial charge in [0, 0.05) is 12.2 Å². The summed E-state index contributed by atoms with van der Waals surface area (Å²) in [6.07, 6.45) is 1.96. The Hall–Kier alpha value is -2.36. The number of hydrogen-bond acceptors (Lipinski definition) is 5. The predicted molar refractivity (Wildman–Crippen MR) is 117 cm³/mol. The first-order chi connectivity index (χ1) is 13.8. The molecule has 9 heteroatoms. The zero-order valence-electron chi connectivity index (χ0n) is 16.4. The zero-order valence-corrected chi connectivity index (χ0v) is 18.0. The normalized spacial score (nSPS) is 11.7. The quantitative estimate of drug-likeness (QED) is 0.530. The van der Waals surface area contributed by atoms with Crippen molar-refractivity contribution in [3.8, 4) is 0 Å². The summed E-state index contributed by atoms with van der Waals surface area (Å²) < 4.78 is 25.3. The number of carbonyl (C=O) groups is 1. The molecule has 0 aliphatic carbocycles. The second-order valence-electron chi connectivity index (χ2n) is 6.80. The van der Waals surface area contributed by atoms with Gasteiger partial charge in [-0.1, -0.05) is 37.2 Å². The number of anilines is 1. The molecule has 29 heavy (non-hydrogen) atoms. The molecule has 1 amide bonds. The smallest absolute Gasteiger partial charge is 0.238 e. The standard InChI is InChI=1S/C20H24N4O3S2/c1-3-4-10-24-18-9-8-16(29(21,26)27)12-17(18)23-20(24)28-13-19(25)22-15-7-5-6-14(2)11-15/h5-9,11-12H,3-4,10,13H2,1-2H3,(H,22,25)(H2,21,26,27). The van der Waals surface area contributed by atoms with Gasteiger partial charge >= 0.3 is 0 Å². The highest BCUT2D eigenvalue weighted by Gasteiger charge is 2.16. The van der Waals surface area contributed by atoms with Crippen molar-refractivity contribution in [1.82, 2.24) is 9.55 Å². The van der Waals surface area contributed by atoms with Crippen LogP contribution in [0.1, 0.15) is 25.3 Å².